The third-order valence-corrected chi connectivity index (χ3v) is 3.32. The third-order valence-electron chi connectivity index (χ3n) is 2.97. The number of rotatable bonds is 9. The van der Waals surface area contributed by atoms with Crippen LogP contribution in [0.15, 0.2) is 12.1 Å². The quantitative estimate of drug-likeness (QED) is 0.685. The van der Waals surface area contributed by atoms with E-state index in [2.05, 4.69) is 12.2 Å². The second-order valence-corrected chi connectivity index (χ2v) is 5.55. The number of benzene rings is 1. The SMILES string of the molecule is CCCCCNCc1cc(OC)c(OC(C)C)cc1Cl. The summed E-state index contributed by atoms with van der Waals surface area (Å²) in [6.45, 7) is 7.93. The Balaban J connectivity index is 2.67. The molecule has 0 saturated heterocycles. The Kier molecular flexibility index (Phi) is 7.78. The zero-order valence-electron chi connectivity index (χ0n) is 13.0. The average molecular weight is 300 g/mol. The number of nitrogens with one attached hydrogen (secondary N) is 1. The van der Waals surface area contributed by atoms with Crippen LogP contribution in [0, 0.1) is 0 Å². The molecular weight excluding hydrogens is 274 g/mol. The van der Waals surface area contributed by atoms with Crippen molar-refractivity contribution in [3.05, 3.63) is 22.7 Å². The summed E-state index contributed by atoms with van der Waals surface area (Å²) in [7, 11) is 1.65. The lowest BCUT2D eigenvalue weighted by molar-refractivity contribution is 0.230. The lowest BCUT2D eigenvalue weighted by Crippen LogP contribution is -2.15. The highest BCUT2D eigenvalue weighted by Crippen LogP contribution is 2.34. The van der Waals surface area contributed by atoms with E-state index < -0.39 is 0 Å². The molecule has 0 aliphatic rings. The monoisotopic (exact) mass is 299 g/mol. The maximum absolute atomic E-state index is 6.31. The zero-order valence-corrected chi connectivity index (χ0v) is 13.7. The van der Waals surface area contributed by atoms with E-state index in [0.717, 1.165) is 24.4 Å². The van der Waals surface area contributed by atoms with Crippen LogP contribution in [0.1, 0.15) is 45.6 Å². The van der Waals surface area contributed by atoms with Gasteiger partial charge in [0, 0.05) is 17.6 Å². The highest BCUT2D eigenvalue weighted by molar-refractivity contribution is 6.31. The van der Waals surface area contributed by atoms with Crippen molar-refractivity contribution >= 4 is 11.6 Å². The Bertz CT molecular complexity index is 408. The molecule has 0 heterocycles. The summed E-state index contributed by atoms with van der Waals surface area (Å²) in [4.78, 5) is 0. The normalized spacial score (nSPS) is 10.9. The zero-order chi connectivity index (χ0) is 15.0. The lowest BCUT2D eigenvalue weighted by Gasteiger charge is -2.16. The van der Waals surface area contributed by atoms with Gasteiger partial charge in [-0.1, -0.05) is 31.4 Å². The van der Waals surface area contributed by atoms with Crippen LogP contribution in [0.4, 0.5) is 0 Å². The molecule has 0 fully saturated rings. The minimum Gasteiger partial charge on any atom is -0.493 e. The van der Waals surface area contributed by atoms with Crippen LogP contribution in [0.3, 0.4) is 0 Å². The van der Waals surface area contributed by atoms with Crippen molar-refractivity contribution in [2.24, 2.45) is 0 Å². The predicted molar refractivity (Wildman–Crippen MR) is 85.0 cm³/mol. The van der Waals surface area contributed by atoms with Gasteiger partial charge in [0.05, 0.1) is 13.2 Å². The molecule has 1 rings (SSSR count). The molecule has 1 N–H and O–H groups in total. The van der Waals surface area contributed by atoms with Crippen molar-refractivity contribution in [2.75, 3.05) is 13.7 Å². The fraction of sp³-hybridized carbons (Fsp3) is 0.625. The van der Waals surface area contributed by atoms with E-state index in [-0.39, 0.29) is 6.10 Å². The summed E-state index contributed by atoms with van der Waals surface area (Å²) >= 11 is 6.31. The highest BCUT2D eigenvalue weighted by atomic mass is 35.5. The van der Waals surface area contributed by atoms with E-state index in [9.17, 15) is 0 Å². The molecule has 4 heteroatoms. The maximum atomic E-state index is 6.31. The summed E-state index contributed by atoms with van der Waals surface area (Å²) in [5.41, 5.74) is 1.04. The van der Waals surface area contributed by atoms with Crippen molar-refractivity contribution in [1.82, 2.24) is 5.32 Å². The second kappa shape index (κ2) is 9.09. The number of halogens is 1. The molecule has 1 aromatic rings. The summed E-state index contributed by atoms with van der Waals surface area (Å²) < 4.78 is 11.1. The maximum Gasteiger partial charge on any atom is 0.163 e. The van der Waals surface area contributed by atoms with Gasteiger partial charge in [-0.3, -0.25) is 0 Å². The van der Waals surface area contributed by atoms with Crippen molar-refractivity contribution in [2.45, 2.75) is 52.7 Å². The molecule has 0 atom stereocenters. The van der Waals surface area contributed by atoms with Gasteiger partial charge >= 0.3 is 0 Å². The first-order valence-electron chi connectivity index (χ1n) is 7.32. The van der Waals surface area contributed by atoms with E-state index in [1.54, 1.807) is 7.11 Å². The fourth-order valence-electron chi connectivity index (χ4n) is 1.94. The number of ether oxygens (including phenoxy) is 2. The van der Waals surface area contributed by atoms with Crippen LogP contribution < -0.4 is 14.8 Å². The highest BCUT2D eigenvalue weighted by Gasteiger charge is 2.11. The van der Waals surface area contributed by atoms with Gasteiger partial charge in [-0.15, -0.1) is 0 Å². The first kappa shape index (κ1) is 17.1. The van der Waals surface area contributed by atoms with Gasteiger partial charge in [-0.25, -0.2) is 0 Å². The molecule has 20 heavy (non-hydrogen) atoms. The Hall–Kier alpha value is -0.930. The van der Waals surface area contributed by atoms with E-state index in [1.165, 1.54) is 19.3 Å². The Morgan fingerprint density at radius 1 is 1.20 bits per heavy atom. The molecule has 0 bridgehead atoms. The van der Waals surface area contributed by atoms with Crippen molar-refractivity contribution < 1.29 is 9.47 Å². The van der Waals surface area contributed by atoms with Gasteiger partial charge in [-0.05, 0) is 38.4 Å². The van der Waals surface area contributed by atoms with Gasteiger partial charge in [-0.2, -0.15) is 0 Å². The Morgan fingerprint density at radius 2 is 1.95 bits per heavy atom. The molecule has 0 amide bonds. The van der Waals surface area contributed by atoms with Crippen LogP contribution >= 0.6 is 11.6 Å². The van der Waals surface area contributed by atoms with Crippen LogP contribution in [0.2, 0.25) is 5.02 Å². The molecule has 1 aromatic carbocycles. The summed E-state index contributed by atoms with van der Waals surface area (Å²) in [6.07, 6.45) is 3.78. The average Bonchev–Trinajstić information content (AvgIpc) is 2.40. The first-order valence-corrected chi connectivity index (χ1v) is 7.70. The van der Waals surface area contributed by atoms with Crippen molar-refractivity contribution in [1.29, 1.82) is 0 Å². The van der Waals surface area contributed by atoms with Crippen molar-refractivity contribution in [3.8, 4) is 11.5 Å². The summed E-state index contributed by atoms with van der Waals surface area (Å²) in [5, 5.41) is 4.12. The number of hydrogen-bond donors (Lipinski definition) is 1. The lowest BCUT2D eigenvalue weighted by atomic mass is 10.2. The topological polar surface area (TPSA) is 30.5 Å². The van der Waals surface area contributed by atoms with E-state index in [1.807, 2.05) is 26.0 Å². The molecule has 0 unspecified atom stereocenters. The molecule has 0 radical (unpaired) electrons. The van der Waals surface area contributed by atoms with Gasteiger partial charge in [0.2, 0.25) is 0 Å². The smallest absolute Gasteiger partial charge is 0.163 e. The van der Waals surface area contributed by atoms with Crippen LogP contribution in [0.25, 0.3) is 0 Å². The third kappa shape index (κ3) is 5.59. The van der Waals surface area contributed by atoms with Gasteiger partial charge in [0.1, 0.15) is 0 Å². The Labute approximate surface area is 127 Å². The standard InChI is InChI=1S/C16H26ClNO2/c1-5-6-7-8-18-11-13-9-15(19-4)16(10-14(13)17)20-12(2)3/h9-10,12,18H,5-8,11H2,1-4H3. The Morgan fingerprint density at radius 3 is 2.55 bits per heavy atom. The first-order chi connectivity index (χ1) is 9.58. The summed E-state index contributed by atoms with van der Waals surface area (Å²) in [5.74, 6) is 1.43. The number of hydrogen-bond acceptors (Lipinski definition) is 3. The van der Waals surface area contributed by atoms with Crippen LogP contribution in [-0.4, -0.2) is 19.8 Å². The van der Waals surface area contributed by atoms with E-state index in [0.29, 0.717) is 10.8 Å². The molecule has 0 aliphatic heterocycles. The van der Waals surface area contributed by atoms with Crippen molar-refractivity contribution in [3.63, 3.8) is 0 Å². The molecule has 0 saturated carbocycles. The summed E-state index contributed by atoms with van der Waals surface area (Å²) in [6, 6.07) is 3.79. The largest absolute Gasteiger partial charge is 0.493 e. The molecule has 0 aliphatic carbocycles. The van der Waals surface area contributed by atoms with E-state index in [4.69, 9.17) is 21.1 Å². The number of methoxy groups -OCH3 is 1. The minimum atomic E-state index is 0.0954. The molecule has 0 spiro atoms. The predicted octanol–water partition coefficient (Wildman–Crippen LogP) is 4.42. The van der Waals surface area contributed by atoms with Crippen LogP contribution in [0.5, 0.6) is 11.5 Å². The molecule has 0 aromatic heterocycles. The molecule has 3 nitrogen and oxygen atoms in total. The minimum absolute atomic E-state index is 0.0954. The molecular formula is C16H26ClNO2. The van der Waals surface area contributed by atoms with Crippen LogP contribution in [-0.2, 0) is 6.54 Å². The van der Waals surface area contributed by atoms with Gasteiger partial charge < -0.3 is 14.8 Å². The van der Waals surface area contributed by atoms with Gasteiger partial charge in [0.15, 0.2) is 11.5 Å². The second-order valence-electron chi connectivity index (χ2n) is 5.14. The molecule has 114 valence electrons. The van der Waals surface area contributed by atoms with Gasteiger partial charge in [0.25, 0.3) is 0 Å². The van der Waals surface area contributed by atoms with E-state index >= 15 is 0 Å². The number of unbranched alkanes of at least 4 members (excludes halogenated alkanes) is 2. The fourth-order valence-corrected chi connectivity index (χ4v) is 2.16.